The van der Waals surface area contributed by atoms with Crippen LogP contribution in [0.4, 0.5) is 10.5 Å². The van der Waals surface area contributed by atoms with Gasteiger partial charge >= 0.3 is 6.03 Å². The number of nitro benzene ring substituents is 1. The topological polar surface area (TPSA) is 142 Å². The molecule has 25 heavy (non-hydrogen) atoms. The molecule has 0 aliphatic carbocycles. The molecule has 1 aliphatic heterocycles. The molecule has 2 rings (SSSR count). The van der Waals surface area contributed by atoms with Gasteiger partial charge in [-0.05, 0) is 18.9 Å². The summed E-state index contributed by atoms with van der Waals surface area (Å²) in [6.07, 6.45) is 0.801. The van der Waals surface area contributed by atoms with Crippen LogP contribution in [0.1, 0.15) is 33.6 Å². The number of nitrogens with zero attached hydrogens (tertiary/aromatic N) is 2. The number of urea groups is 1. The van der Waals surface area contributed by atoms with Crippen LogP contribution in [0.5, 0.6) is 0 Å². The van der Waals surface area contributed by atoms with E-state index in [1.165, 1.54) is 12.1 Å². The van der Waals surface area contributed by atoms with Crippen molar-refractivity contribution in [2.75, 3.05) is 26.2 Å². The largest absolute Gasteiger partial charge is 0.396 e. The Bertz CT molecular complexity index is 705. The molecule has 0 bridgehead atoms. The second-order valence-corrected chi connectivity index (χ2v) is 5.36. The summed E-state index contributed by atoms with van der Waals surface area (Å²) in [6.45, 7) is 0.674. The predicted molar refractivity (Wildman–Crippen MR) is 86.2 cm³/mol. The van der Waals surface area contributed by atoms with Crippen molar-refractivity contribution in [2.45, 2.75) is 12.8 Å². The highest BCUT2D eigenvalue weighted by molar-refractivity contribution is 6.21. The summed E-state index contributed by atoms with van der Waals surface area (Å²) in [5.41, 5.74) is -0.0813. The van der Waals surface area contributed by atoms with Crippen molar-refractivity contribution in [1.82, 2.24) is 15.5 Å². The summed E-state index contributed by atoms with van der Waals surface area (Å²) in [7, 11) is 0. The highest BCUT2D eigenvalue weighted by Crippen LogP contribution is 2.26. The van der Waals surface area contributed by atoms with Gasteiger partial charge in [-0.2, -0.15) is 0 Å². The zero-order chi connectivity index (χ0) is 18.4. The van der Waals surface area contributed by atoms with Gasteiger partial charge in [0.25, 0.3) is 17.5 Å². The summed E-state index contributed by atoms with van der Waals surface area (Å²) in [5, 5.41) is 24.5. The van der Waals surface area contributed by atoms with E-state index in [9.17, 15) is 24.5 Å². The molecule has 0 saturated heterocycles. The normalized spacial score (nSPS) is 12.9. The first-order chi connectivity index (χ1) is 12.0. The van der Waals surface area contributed by atoms with Crippen LogP contribution in [0.3, 0.4) is 0 Å². The van der Waals surface area contributed by atoms with E-state index in [2.05, 4.69) is 10.6 Å². The Morgan fingerprint density at radius 3 is 2.40 bits per heavy atom. The Hall–Kier alpha value is -3.01. The molecule has 0 radical (unpaired) electrons. The lowest BCUT2D eigenvalue weighted by Gasteiger charge is -2.14. The number of hydrogen-bond donors (Lipinski definition) is 3. The van der Waals surface area contributed by atoms with Crippen molar-refractivity contribution in [3.05, 3.63) is 39.4 Å². The van der Waals surface area contributed by atoms with Crippen molar-refractivity contribution in [3.8, 4) is 0 Å². The van der Waals surface area contributed by atoms with Crippen LogP contribution >= 0.6 is 0 Å². The maximum Gasteiger partial charge on any atom is 0.314 e. The van der Waals surface area contributed by atoms with E-state index in [1.54, 1.807) is 0 Å². The number of amides is 4. The molecule has 1 aromatic rings. The molecule has 0 spiro atoms. The molecule has 0 fully saturated rings. The van der Waals surface area contributed by atoms with E-state index in [1.807, 2.05) is 0 Å². The number of fused-ring (bicyclic) bond motifs is 1. The molecule has 10 heteroatoms. The summed E-state index contributed by atoms with van der Waals surface area (Å²) < 4.78 is 0. The lowest BCUT2D eigenvalue weighted by Crippen LogP contribution is -2.38. The van der Waals surface area contributed by atoms with Crippen LogP contribution in [0.15, 0.2) is 18.2 Å². The molecule has 1 heterocycles. The molecule has 3 N–H and O–H groups in total. The molecule has 1 aliphatic rings. The number of nitro groups is 1. The van der Waals surface area contributed by atoms with E-state index < -0.39 is 22.8 Å². The van der Waals surface area contributed by atoms with Crippen LogP contribution in [-0.2, 0) is 0 Å². The number of hydrogen-bond acceptors (Lipinski definition) is 6. The van der Waals surface area contributed by atoms with E-state index in [4.69, 9.17) is 5.11 Å². The first-order valence-electron chi connectivity index (χ1n) is 7.73. The summed E-state index contributed by atoms with van der Waals surface area (Å²) in [5.74, 6) is -1.07. The van der Waals surface area contributed by atoms with E-state index in [0.29, 0.717) is 19.4 Å². The monoisotopic (exact) mass is 350 g/mol. The zero-order valence-electron chi connectivity index (χ0n) is 13.4. The standard InChI is InChI=1S/C15H18N4O6/c20-8-2-6-17-15(23)16-5-1-7-18-13(21)11-4-3-10(19(24)25)9-12(11)14(18)22/h3-4,9,20H,1-2,5-8H2,(H2,16,17,23). The number of carbonyl (C=O) groups excluding carboxylic acids is 3. The fourth-order valence-electron chi connectivity index (χ4n) is 2.38. The molecule has 0 atom stereocenters. The molecule has 0 saturated carbocycles. The maximum absolute atomic E-state index is 12.2. The second-order valence-electron chi connectivity index (χ2n) is 5.36. The Kier molecular flexibility index (Phi) is 6.01. The third kappa shape index (κ3) is 4.29. The number of non-ortho nitro benzene ring substituents is 1. The van der Waals surface area contributed by atoms with Crippen molar-refractivity contribution in [3.63, 3.8) is 0 Å². The number of rotatable bonds is 8. The summed E-state index contributed by atoms with van der Waals surface area (Å²) >= 11 is 0. The van der Waals surface area contributed by atoms with Crippen LogP contribution in [-0.4, -0.2) is 59.0 Å². The van der Waals surface area contributed by atoms with Gasteiger partial charge in [-0.25, -0.2) is 4.79 Å². The van der Waals surface area contributed by atoms with Gasteiger partial charge in [0.15, 0.2) is 0 Å². The van der Waals surface area contributed by atoms with Gasteiger partial charge < -0.3 is 15.7 Å². The molecule has 0 aromatic heterocycles. The molecular formula is C15H18N4O6. The Labute approximate surface area is 143 Å². The number of nitrogens with one attached hydrogen (secondary N) is 2. The number of aliphatic hydroxyl groups excluding tert-OH is 1. The van der Waals surface area contributed by atoms with Gasteiger partial charge in [0.2, 0.25) is 0 Å². The lowest BCUT2D eigenvalue weighted by atomic mass is 10.1. The van der Waals surface area contributed by atoms with Crippen LogP contribution in [0, 0.1) is 10.1 Å². The van der Waals surface area contributed by atoms with Gasteiger partial charge in [0, 0.05) is 38.4 Å². The van der Waals surface area contributed by atoms with Gasteiger partial charge in [0.1, 0.15) is 0 Å². The fourth-order valence-corrected chi connectivity index (χ4v) is 2.38. The number of carbonyl (C=O) groups is 3. The predicted octanol–water partition coefficient (Wildman–Crippen LogP) is 0.263. The van der Waals surface area contributed by atoms with Gasteiger partial charge in [0.05, 0.1) is 16.1 Å². The van der Waals surface area contributed by atoms with Crippen LogP contribution in [0.25, 0.3) is 0 Å². The van der Waals surface area contributed by atoms with E-state index >= 15 is 0 Å². The average molecular weight is 350 g/mol. The SMILES string of the molecule is O=C(NCCCO)NCCCN1C(=O)c2ccc([N+](=O)[O-])cc2C1=O. The highest BCUT2D eigenvalue weighted by Gasteiger charge is 2.36. The van der Waals surface area contributed by atoms with E-state index in [-0.39, 0.29) is 36.5 Å². The highest BCUT2D eigenvalue weighted by atomic mass is 16.6. The van der Waals surface area contributed by atoms with Crippen LogP contribution < -0.4 is 10.6 Å². The lowest BCUT2D eigenvalue weighted by molar-refractivity contribution is -0.384. The molecule has 134 valence electrons. The minimum absolute atomic E-state index is 0.0157. The van der Waals surface area contributed by atoms with Crippen molar-refractivity contribution in [2.24, 2.45) is 0 Å². The van der Waals surface area contributed by atoms with Gasteiger partial charge in [-0.3, -0.25) is 24.6 Å². The Balaban J connectivity index is 1.86. The molecule has 1 aromatic carbocycles. The molecule has 4 amide bonds. The summed E-state index contributed by atoms with van der Waals surface area (Å²) in [4.78, 5) is 47.0. The molecule has 10 nitrogen and oxygen atoms in total. The quantitative estimate of drug-likeness (QED) is 0.266. The zero-order valence-corrected chi connectivity index (χ0v) is 13.4. The van der Waals surface area contributed by atoms with Crippen molar-refractivity contribution >= 4 is 23.5 Å². The second kappa shape index (κ2) is 8.20. The Morgan fingerprint density at radius 1 is 1.12 bits per heavy atom. The minimum Gasteiger partial charge on any atom is -0.396 e. The minimum atomic E-state index is -0.625. The number of imide groups is 1. The van der Waals surface area contributed by atoms with E-state index in [0.717, 1.165) is 11.0 Å². The third-order valence-corrected chi connectivity index (χ3v) is 3.63. The van der Waals surface area contributed by atoms with Gasteiger partial charge in [-0.15, -0.1) is 0 Å². The first-order valence-corrected chi connectivity index (χ1v) is 7.73. The number of aliphatic hydroxyl groups is 1. The van der Waals surface area contributed by atoms with Crippen molar-refractivity contribution < 1.29 is 24.4 Å². The third-order valence-electron chi connectivity index (χ3n) is 3.63. The first kappa shape index (κ1) is 18.3. The maximum atomic E-state index is 12.2. The molecular weight excluding hydrogens is 332 g/mol. The smallest absolute Gasteiger partial charge is 0.314 e. The average Bonchev–Trinajstić information content (AvgIpc) is 2.83. The Morgan fingerprint density at radius 2 is 1.76 bits per heavy atom. The fraction of sp³-hybridized carbons (Fsp3) is 0.400. The number of benzene rings is 1. The van der Waals surface area contributed by atoms with Crippen LogP contribution in [0.2, 0.25) is 0 Å². The van der Waals surface area contributed by atoms with Gasteiger partial charge in [-0.1, -0.05) is 0 Å². The summed E-state index contributed by atoms with van der Waals surface area (Å²) in [6, 6.07) is 3.17. The van der Waals surface area contributed by atoms with Crippen molar-refractivity contribution in [1.29, 1.82) is 0 Å². The molecule has 0 unspecified atom stereocenters.